The Morgan fingerprint density at radius 1 is 1.52 bits per heavy atom. The van der Waals surface area contributed by atoms with E-state index >= 15 is 0 Å². The van der Waals surface area contributed by atoms with Gasteiger partial charge in [-0.05, 0) is 26.0 Å². The van der Waals surface area contributed by atoms with E-state index in [9.17, 15) is 14.4 Å². The molecule has 1 aliphatic heterocycles. The van der Waals surface area contributed by atoms with Gasteiger partial charge in [0.15, 0.2) is 5.54 Å². The van der Waals surface area contributed by atoms with Crippen LogP contribution < -0.4 is 5.32 Å². The fourth-order valence-corrected chi connectivity index (χ4v) is 2.07. The number of imide groups is 1. The standard InChI is InChI=1S/C14H16N2O5/c1-9(11(17)20-3)6-7-16-12(18)14(2,15-13(16)19)10-5-4-8-21-10/h4-6,8H,7H2,1-3H3,(H,15,19). The molecule has 2 heterocycles. The van der Waals surface area contributed by atoms with Crippen LogP contribution in [-0.4, -0.2) is 36.5 Å². The number of hydrogen-bond donors (Lipinski definition) is 1. The van der Waals surface area contributed by atoms with Gasteiger partial charge in [-0.25, -0.2) is 9.59 Å². The van der Waals surface area contributed by atoms with Crippen LogP contribution in [0.1, 0.15) is 19.6 Å². The van der Waals surface area contributed by atoms with Crippen LogP contribution in [-0.2, 0) is 19.9 Å². The lowest BCUT2D eigenvalue weighted by Crippen LogP contribution is -2.40. The number of carbonyl (C=O) groups is 3. The van der Waals surface area contributed by atoms with Crippen molar-refractivity contribution in [2.75, 3.05) is 13.7 Å². The first-order valence-corrected chi connectivity index (χ1v) is 6.33. The molecule has 1 N–H and O–H groups in total. The van der Waals surface area contributed by atoms with Gasteiger partial charge in [0.1, 0.15) is 5.76 Å². The predicted molar refractivity (Wildman–Crippen MR) is 72.1 cm³/mol. The van der Waals surface area contributed by atoms with Crippen LogP contribution in [0.4, 0.5) is 4.79 Å². The van der Waals surface area contributed by atoms with E-state index in [1.54, 1.807) is 26.0 Å². The molecule has 2 rings (SSSR count). The second-order valence-corrected chi connectivity index (χ2v) is 4.83. The second kappa shape index (κ2) is 5.43. The molecule has 0 saturated carbocycles. The maximum atomic E-state index is 12.4. The van der Waals surface area contributed by atoms with E-state index in [0.29, 0.717) is 11.3 Å². The van der Waals surface area contributed by atoms with E-state index in [2.05, 4.69) is 10.1 Å². The SMILES string of the molecule is COC(=O)C(C)=CCN1C(=O)NC(C)(c2ccco2)C1=O. The van der Waals surface area contributed by atoms with Gasteiger partial charge in [-0.1, -0.05) is 6.08 Å². The molecule has 1 unspecified atom stereocenters. The number of furan rings is 1. The second-order valence-electron chi connectivity index (χ2n) is 4.83. The molecule has 1 fully saturated rings. The zero-order valence-electron chi connectivity index (χ0n) is 12.0. The van der Waals surface area contributed by atoms with E-state index in [1.807, 2.05) is 0 Å². The number of carbonyl (C=O) groups excluding carboxylic acids is 3. The highest BCUT2D eigenvalue weighted by atomic mass is 16.5. The molecule has 0 radical (unpaired) electrons. The van der Waals surface area contributed by atoms with E-state index in [4.69, 9.17) is 4.42 Å². The van der Waals surface area contributed by atoms with Crippen molar-refractivity contribution in [2.24, 2.45) is 0 Å². The molecule has 7 heteroatoms. The molecule has 1 atom stereocenters. The lowest BCUT2D eigenvalue weighted by molar-refractivity contribution is -0.136. The molecular weight excluding hydrogens is 276 g/mol. The van der Waals surface area contributed by atoms with Gasteiger partial charge in [-0.15, -0.1) is 0 Å². The van der Waals surface area contributed by atoms with Gasteiger partial charge < -0.3 is 14.5 Å². The molecule has 0 aliphatic carbocycles. The summed E-state index contributed by atoms with van der Waals surface area (Å²) < 4.78 is 9.77. The summed E-state index contributed by atoms with van der Waals surface area (Å²) in [7, 11) is 1.27. The van der Waals surface area contributed by atoms with Crippen LogP contribution in [0.25, 0.3) is 0 Å². The Morgan fingerprint density at radius 2 is 2.24 bits per heavy atom. The Balaban J connectivity index is 2.18. The molecule has 3 amide bonds. The van der Waals surface area contributed by atoms with Gasteiger partial charge in [0.05, 0.1) is 13.4 Å². The fraction of sp³-hybridized carbons (Fsp3) is 0.357. The van der Waals surface area contributed by atoms with Crippen LogP contribution in [0.5, 0.6) is 0 Å². The smallest absolute Gasteiger partial charge is 0.333 e. The molecule has 1 aromatic rings. The molecule has 21 heavy (non-hydrogen) atoms. The zero-order chi connectivity index (χ0) is 15.6. The maximum absolute atomic E-state index is 12.4. The number of methoxy groups -OCH3 is 1. The van der Waals surface area contributed by atoms with Crippen LogP contribution in [0.15, 0.2) is 34.5 Å². The monoisotopic (exact) mass is 292 g/mol. The van der Waals surface area contributed by atoms with Crippen molar-refractivity contribution in [2.45, 2.75) is 19.4 Å². The largest absolute Gasteiger partial charge is 0.466 e. The fourth-order valence-electron chi connectivity index (χ4n) is 2.07. The van der Waals surface area contributed by atoms with Crippen LogP contribution in [0.3, 0.4) is 0 Å². The van der Waals surface area contributed by atoms with Gasteiger partial charge >= 0.3 is 12.0 Å². The van der Waals surface area contributed by atoms with Crippen molar-refractivity contribution in [3.8, 4) is 0 Å². The minimum atomic E-state index is -1.23. The summed E-state index contributed by atoms with van der Waals surface area (Å²) in [4.78, 5) is 36.7. The molecule has 1 aromatic heterocycles. The molecule has 7 nitrogen and oxygen atoms in total. The third kappa shape index (κ3) is 2.54. The summed E-state index contributed by atoms with van der Waals surface area (Å²) in [5.41, 5.74) is -0.905. The molecule has 112 valence electrons. The lowest BCUT2D eigenvalue weighted by atomic mass is 9.99. The highest BCUT2D eigenvalue weighted by Crippen LogP contribution is 2.28. The quantitative estimate of drug-likeness (QED) is 0.511. The van der Waals surface area contributed by atoms with E-state index in [0.717, 1.165) is 4.90 Å². The molecule has 0 aromatic carbocycles. The van der Waals surface area contributed by atoms with Crippen LogP contribution in [0, 0.1) is 0 Å². The third-order valence-electron chi connectivity index (χ3n) is 3.38. The zero-order valence-corrected chi connectivity index (χ0v) is 12.0. The Morgan fingerprint density at radius 3 is 2.81 bits per heavy atom. The number of nitrogens with zero attached hydrogens (tertiary/aromatic N) is 1. The Bertz CT molecular complexity index is 605. The highest BCUT2D eigenvalue weighted by molar-refractivity contribution is 6.07. The van der Waals surface area contributed by atoms with Crippen LogP contribution in [0.2, 0.25) is 0 Å². The number of rotatable bonds is 4. The molecular formula is C14H16N2O5. The van der Waals surface area contributed by atoms with E-state index < -0.39 is 23.4 Å². The molecule has 0 spiro atoms. The minimum Gasteiger partial charge on any atom is -0.466 e. The van der Waals surface area contributed by atoms with Crippen molar-refractivity contribution in [3.05, 3.63) is 35.8 Å². The number of ether oxygens (including phenoxy) is 1. The van der Waals surface area contributed by atoms with Crippen molar-refractivity contribution in [3.63, 3.8) is 0 Å². The number of esters is 1. The Hall–Kier alpha value is -2.57. The van der Waals surface area contributed by atoms with Crippen molar-refractivity contribution < 1.29 is 23.5 Å². The van der Waals surface area contributed by atoms with E-state index in [1.165, 1.54) is 19.4 Å². The summed E-state index contributed by atoms with van der Waals surface area (Å²) in [6.45, 7) is 3.11. The Labute approximate surface area is 121 Å². The van der Waals surface area contributed by atoms with Crippen molar-refractivity contribution in [1.82, 2.24) is 10.2 Å². The van der Waals surface area contributed by atoms with E-state index in [-0.39, 0.29) is 6.54 Å². The average molecular weight is 292 g/mol. The summed E-state index contributed by atoms with van der Waals surface area (Å²) in [5, 5.41) is 2.60. The van der Waals surface area contributed by atoms with Gasteiger partial charge in [0, 0.05) is 12.1 Å². The first kappa shape index (κ1) is 14.8. The lowest BCUT2D eigenvalue weighted by Gasteiger charge is -2.18. The first-order valence-electron chi connectivity index (χ1n) is 6.33. The summed E-state index contributed by atoms with van der Waals surface area (Å²) in [6.07, 6.45) is 2.90. The van der Waals surface area contributed by atoms with Gasteiger partial charge in [0.2, 0.25) is 0 Å². The highest BCUT2D eigenvalue weighted by Gasteiger charge is 2.50. The van der Waals surface area contributed by atoms with Crippen molar-refractivity contribution >= 4 is 17.9 Å². The van der Waals surface area contributed by atoms with Gasteiger partial charge in [0.25, 0.3) is 5.91 Å². The normalized spacial score (nSPS) is 22.4. The number of urea groups is 1. The first-order chi connectivity index (χ1) is 9.90. The summed E-state index contributed by atoms with van der Waals surface area (Å²) in [5.74, 6) is -0.579. The topological polar surface area (TPSA) is 88.8 Å². The molecule has 0 bridgehead atoms. The number of amides is 3. The molecule has 1 saturated heterocycles. The van der Waals surface area contributed by atoms with Gasteiger partial charge in [-0.2, -0.15) is 0 Å². The predicted octanol–water partition coefficient (Wildman–Crippen LogP) is 1.17. The summed E-state index contributed by atoms with van der Waals surface area (Å²) in [6, 6.07) is 2.73. The third-order valence-corrected chi connectivity index (χ3v) is 3.38. The number of nitrogens with one attached hydrogen (secondary N) is 1. The Kier molecular flexibility index (Phi) is 3.84. The van der Waals surface area contributed by atoms with Crippen molar-refractivity contribution in [1.29, 1.82) is 0 Å². The van der Waals surface area contributed by atoms with Crippen LogP contribution >= 0.6 is 0 Å². The molecule has 1 aliphatic rings. The number of hydrogen-bond acceptors (Lipinski definition) is 5. The minimum absolute atomic E-state index is 0.0120. The maximum Gasteiger partial charge on any atom is 0.333 e. The average Bonchev–Trinajstić information content (AvgIpc) is 3.06. The summed E-state index contributed by atoms with van der Waals surface area (Å²) >= 11 is 0. The van der Waals surface area contributed by atoms with Gasteiger partial charge in [-0.3, -0.25) is 9.69 Å².